The Morgan fingerprint density at radius 3 is 2.53 bits per heavy atom. The van der Waals surface area contributed by atoms with Crippen LogP contribution in [-0.4, -0.2) is 29.2 Å². The first-order valence-corrected chi connectivity index (χ1v) is 12.6. The number of imide groups is 1. The lowest BCUT2D eigenvalue weighted by molar-refractivity contribution is -0.123. The number of para-hydroxylation sites is 1. The van der Waals surface area contributed by atoms with Crippen molar-refractivity contribution >= 4 is 51.4 Å². The van der Waals surface area contributed by atoms with Gasteiger partial charge in [-0.1, -0.05) is 78.3 Å². The van der Waals surface area contributed by atoms with E-state index in [0.717, 1.165) is 28.3 Å². The second kappa shape index (κ2) is 10.9. The summed E-state index contributed by atoms with van der Waals surface area (Å²) in [6, 6.07) is 28.9. The minimum absolute atomic E-state index is 0.140. The summed E-state index contributed by atoms with van der Waals surface area (Å²) in [6.45, 7) is 0.723. The summed E-state index contributed by atoms with van der Waals surface area (Å²) in [5.74, 6) is 0.862. The van der Waals surface area contributed by atoms with E-state index in [-0.39, 0.29) is 24.3 Å². The van der Waals surface area contributed by atoms with Crippen molar-refractivity contribution in [3.8, 4) is 11.5 Å². The molecule has 4 aromatic rings. The lowest BCUT2D eigenvalue weighted by Gasteiger charge is -2.13. The second-order valence-corrected chi connectivity index (χ2v) is 9.51. The van der Waals surface area contributed by atoms with Crippen molar-refractivity contribution in [1.82, 2.24) is 4.90 Å². The number of rotatable bonds is 8. The third kappa shape index (κ3) is 5.40. The number of amides is 2. The van der Waals surface area contributed by atoms with E-state index in [0.29, 0.717) is 28.0 Å². The number of thioether (sulfide) groups is 1. The first-order chi connectivity index (χ1) is 17.6. The number of ether oxygens (including phenoxy) is 2. The van der Waals surface area contributed by atoms with Crippen LogP contribution in [0.2, 0.25) is 5.02 Å². The maximum absolute atomic E-state index is 12.9. The van der Waals surface area contributed by atoms with Gasteiger partial charge in [0.2, 0.25) is 0 Å². The Hall–Kier alpha value is -3.74. The molecule has 2 amide bonds. The number of hydrogen-bond acceptors (Lipinski definition) is 5. The van der Waals surface area contributed by atoms with Gasteiger partial charge in [-0.3, -0.25) is 14.5 Å². The van der Waals surface area contributed by atoms with Gasteiger partial charge >= 0.3 is 0 Å². The number of fused-ring (bicyclic) bond motifs is 1. The van der Waals surface area contributed by atoms with Crippen LogP contribution in [0.5, 0.6) is 11.5 Å². The van der Waals surface area contributed by atoms with Crippen molar-refractivity contribution < 1.29 is 19.1 Å². The van der Waals surface area contributed by atoms with Crippen LogP contribution in [0.15, 0.2) is 95.9 Å². The monoisotopic (exact) mass is 515 g/mol. The average molecular weight is 516 g/mol. The molecule has 7 heteroatoms. The maximum Gasteiger partial charge on any atom is 0.293 e. The van der Waals surface area contributed by atoms with Gasteiger partial charge in [-0.15, -0.1) is 0 Å². The van der Waals surface area contributed by atoms with Crippen molar-refractivity contribution in [1.29, 1.82) is 0 Å². The molecule has 0 aliphatic carbocycles. The molecule has 1 heterocycles. The molecular formula is C29H22ClNO4S. The fourth-order valence-electron chi connectivity index (χ4n) is 3.93. The molecule has 36 heavy (non-hydrogen) atoms. The molecule has 4 aromatic carbocycles. The number of halogens is 1. The molecule has 0 N–H and O–H groups in total. The Bertz CT molecular complexity index is 1460. The van der Waals surface area contributed by atoms with Gasteiger partial charge in [-0.05, 0) is 64.0 Å². The van der Waals surface area contributed by atoms with E-state index in [9.17, 15) is 9.59 Å². The van der Waals surface area contributed by atoms with Gasteiger partial charge in [0, 0.05) is 0 Å². The highest BCUT2D eigenvalue weighted by atomic mass is 35.5. The summed E-state index contributed by atoms with van der Waals surface area (Å²) in [7, 11) is 0. The summed E-state index contributed by atoms with van der Waals surface area (Å²) in [5, 5.41) is 2.48. The van der Waals surface area contributed by atoms with Crippen molar-refractivity contribution in [3.05, 3.63) is 112 Å². The summed E-state index contributed by atoms with van der Waals surface area (Å²) in [5.41, 5.74) is 1.88. The third-order valence-corrected chi connectivity index (χ3v) is 6.93. The first kappa shape index (κ1) is 24.0. The Morgan fingerprint density at radius 2 is 1.64 bits per heavy atom. The lowest BCUT2D eigenvalue weighted by Crippen LogP contribution is -2.32. The second-order valence-electron chi connectivity index (χ2n) is 8.11. The van der Waals surface area contributed by atoms with Crippen LogP contribution in [0.1, 0.15) is 11.1 Å². The zero-order valence-corrected chi connectivity index (χ0v) is 20.8. The van der Waals surface area contributed by atoms with Gasteiger partial charge in [-0.25, -0.2) is 0 Å². The lowest BCUT2D eigenvalue weighted by atomic mass is 10.1. The zero-order valence-electron chi connectivity index (χ0n) is 19.2. The van der Waals surface area contributed by atoms with E-state index in [4.69, 9.17) is 21.1 Å². The molecular weight excluding hydrogens is 494 g/mol. The summed E-state index contributed by atoms with van der Waals surface area (Å²) in [4.78, 5) is 26.9. The van der Waals surface area contributed by atoms with Crippen LogP contribution < -0.4 is 9.47 Å². The number of nitrogens with zero attached hydrogens (tertiary/aromatic N) is 1. The van der Waals surface area contributed by atoms with E-state index in [2.05, 4.69) is 24.3 Å². The zero-order chi connectivity index (χ0) is 24.9. The summed E-state index contributed by atoms with van der Waals surface area (Å²) in [6.07, 6.45) is 1.71. The van der Waals surface area contributed by atoms with Gasteiger partial charge in [0.25, 0.3) is 11.1 Å². The van der Waals surface area contributed by atoms with Crippen molar-refractivity contribution in [2.24, 2.45) is 0 Å². The highest BCUT2D eigenvalue weighted by Gasteiger charge is 2.34. The molecule has 0 radical (unpaired) electrons. The van der Waals surface area contributed by atoms with Gasteiger partial charge < -0.3 is 9.47 Å². The van der Waals surface area contributed by atoms with E-state index >= 15 is 0 Å². The quantitative estimate of drug-likeness (QED) is 0.232. The number of carbonyl (C=O) groups is 2. The Labute approximate surface area is 218 Å². The maximum atomic E-state index is 12.9. The van der Waals surface area contributed by atoms with E-state index in [1.807, 2.05) is 48.5 Å². The Kier molecular flexibility index (Phi) is 7.26. The molecule has 0 bridgehead atoms. The summed E-state index contributed by atoms with van der Waals surface area (Å²) < 4.78 is 11.7. The van der Waals surface area contributed by atoms with E-state index in [1.165, 1.54) is 10.3 Å². The van der Waals surface area contributed by atoms with Crippen LogP contribution in [0.25, 0.3) is 16.8 Å². The predicted octanol–water partition coefficient (Wildman–Crippen LogP) is 7.19. The van der Waals surface area contributed by atoms with Crippen molar-refractivity contribution in [2.75, 3.05) is 13.2 Å². The molecule has 1 fully saturated rings. The van der Waals surface area contributed by atoms with Gasteiger partial charge in [0.1, 0.15) is 24.7 Å². The fraction of sp³-hybridized carbons (Fsp3) is 0.103. The fourth-order valence-corrected chi connectivity index (χ4v) is 4.98. The largest absolute Gasteiger partial charge is 0.490 e. The van der Waals surface area contributed by atoms with Crippen LogP contribution in [-0.2, 0) is 11.4 Å². The minimum atomic E-state index is -0.338. The minimum Gasteiger partial charge on any atom is -0.490 e. The number of carbonyl (C=O) groups excluding carboxylic acids is 2. The topological polar surface area (TPSA) is 55.8 Å². The van der Waals surface area contributed by atoms with Crippen LogP contribution in [0, 0.1) is 0 Å². The molecule has 180 valence electrons. The molecule has 5 nitrogen and oxygen atoms in total. The van der Waals surface area contributed by atoms with Crippen LogP contribution in [0.4, 0.5) is 4.79 Å². The van der Waals surface area contributed by atoms with Crippen LogP contribution in [0.3, 0.4) is 0 Å². The third-order valence-electron chi connectivity index (χ3n) is 5.71. The molecule has 0 unspecified atom stereocenters. The van der Waals surface area contributed by atoms with Gasteiger partial charge in [0.15, 0.2) is 0 Å². The molecule has 0 spiro atoms. The normalized spacial score (nSPS) is 14.6. The molecule has 5 rings (SSSR count). The highest BCUT2D eigenvalue weighted by molar-refractivity contribution is 8.18. The average Bonchev–Trinajstić information content (AvgIpc) is 3.16. The number of hydrogen-bond donors (Lipinski definition) is 0. The molecule has 0 aromatic heterocycles. The van der Waals surface area contributed by atoms with Crippen molar-refractivity contribution in [2.45, 2.75) is 6.61 Å². The predicted molar refractivity (Wildman–Crippen MR) is 144 cm³/mol. The molecule has 1 aliphatic heterocycles. The Morgan fingerprint density at radius 1 is 0.861 bits per heavy atom. The van der Waals surface area contributed by atoms with E-state index in [1.54, 1.807) is 24.3 Å². The van der Waals surface area contributed by atoms with E-state index < -0.39 is 0 Å². The van der Waals surface area contributed by atoms with Crippen LogP contribution >= 0.6 is 23.4 Å². The molecule has 1 saturated heterocycles. The highest BCUT2D eigenvalue weighted by Crippen LogP contribution is 2.33. The number of benzene rings is 4. The first-order valence-electron chi connectivity index (χ1n) is 11.4. The Balaban J connectivity index is 1.23. The SMILES string of the molecule is O=C1S/C(=C\c2cccc(OCc3cccc4ccccc34)c2)C(=O)N1CCOc1ccccc1Cl. The molecule has 0 saturated carbocycles. The summed E-state index contributed by atoms with van der Waals surface area (Å²) >= 11 is 7.01. The van der Waals surface area contributed by atoms with Gasteiger partial charge in [-0.2, -0.15) is 0 Å². The smallest absolute Gasteiger partial charge is 0.293 e. The van der Waals surface area contributed by atoms with Crippen molar-refractivity contribution in [3.63, 3.8) is 0 Å². The molecule has 1 aliphatic rings. The molecule has 0 atom stereocenters. The standard InChI is InChI=1S/C29H22ClNO4S/c30-25-13-3-4-14-26(25)34-16-15-31-28(32)27(36-29(31)33)18-20-7-5-11-23(17-20)35-19-22-10-6-9-21-8-1-2-12-24(21)22/h1-14,17-18H,15-16,19H2/b27-18-. The van der Waals surface area contributed by atoms with Gasteiger partial charge in [0.05, 0.1) is 16.5 Å².